The Hall–Kier alpha value is 0.275. The van der Waals surface area contributed by atoms with Gasteiger partial charge in [-0.25, -0.2) is 0 Å². The van der Waals surface area contributed by atoms with Crippen LogP contribution in [-0.2, 0) is 9.31 Å². The number of halogens is 1. The molecule has 4 heteroatoms. The molecule has 1 saturated carbocycles. The maximum Gasteiger partial charge on any atom is 0.461 e. The van der Waals surface area contributed by atoms with Gasteiger partial charge in [0.2, 0.25) is 0 Å². The van der Waals surface area contributed by atoms with E-state index in [9.17, 15) is 0 Å². The summed E-state index contributed by atoms with van der Waals surface area (Å²) >= 11 is 5.71. The number of hydrogen-bond acceptors (Lipinski definition) is 2. The van der Waals surface area contributed by atoms with Crippen molar-refractivity contribution in [2.45, 2.75) is 64.0 Å². The van der Waals surface area contributed by atoms with E-state index in [4.69, 9.17) is 20.9 Å². The van der Waals surface area contributed by atoms with Crippen LogP contribution in [0, 0.1) is 5.92 Å². The van der Waals surface area contributed by atoms with Gasteiger partial charge >= 0.3 is 7.12 Å². The zero-order chi connectivity index (χ0) is 12.0. The van der Waals surface area contributed by atoms with Gasteiger partial charge in [0.1, 0.15) is 0 Å². The van der Waals surface area contributed by atoms with Crippen LogP contribution in [0.1, 0.15) is 47.0 Å². The van der Waals surface area contributed by atoms with Crippen molar-refractivity contribution in [3.63, 3.8) is 0 Å². The molecule has 1 aliphatic heterocycles. The highest BCUT2D eigenvalue weighted by Crippen LogP contribution is 2.54. The van der Waals surface area contributed by atoms with Gasteiger partial charge in [-0.3, -0.25) is 0 Å². The van der Waals surface area contributed by atoms with Gasteiger partial charge in [0.15, 0.2) is 0 Å². The summed E-state index contributed by atoms with van der Waals surface area (Å²) in [4.78, 5) is 0. The molecule has 0 spiro atoms. The van der Waals surface area contributed by atoms with E-state index in [1.165, 1.54) is 12.8 Å². The Morgan fingerprint density at radius 1 is 1.19 bits per heavy atom. The highest BCUT2D eigenvalue weighted by molar-refractivity contribution is 6.48. The van der Waals surface area contributed by atoms with E-state index in [1.54, 1.807) is 0 Å². The van der Waals surface area contributed by atoms with E-state index in [0.29, 0.717) is 5.82 Å². The van der Waals surface area contributed by atoms with Crippen molar-refractivity contribution in [3.8, 4) is 0 Å². The molecular weight excluding hydrogens is 222 g/mol. The van der Waals surface area contributed by atoms with Gasteiger partial charge in [0, 0.05) is 5.88 Å². The maximum absolute atomic E-state index is 6.04. The molecule has 0 amide bonds. The molecule has 0 N–H and O–H groups in total. The molecule has 2 atom stereocenters. The Morgan fingerprint density at radius 2 is 1.75 bits per heavy atom. The standard InChI is InChI=1S/C12H22BClO2/c1-11(2)12(3,4)16-13(15-11)10-8-9(10)6-5-7-14/h9-10H,5-8H2,1-4H3/t9-,10-/m0/s1. The first-order valence-electron chi connectivity index (χ1n) is 6.29. The Bertz CT molecular complexity index is 252. The number of rotatable bonds is 4. The van der Waals surface area contributed by atoms with Crippen LogP contribution in [0.5, 0.6) is 0 Å². The molecule has 1 aliphatic carbocycles. The molecule has 16 heavy (non-hydrogen) atoms. The second-order valence-electron chi connectivity index (χ2n) is 6.12. The van der Waals surface area contributed by atoms with Crippen LogP contribution >= 0.6 is 11.6 Å². The van der Waals surface area contributed by atoms with Crippen LogP contribution in [0.2, 0.25) is 5.82 Å². The third-order valence-corrected chi connectivity index (χ3v) is 4.57. The van der Waals surface area contributed by atoms with Crippen molar-refractivity contribution in [2.24, 2.45) is 5.92 Å². The second-order valence-corrected chi connectivity index (χ2v) is 6.49. The largest absolute Gasteiger partial charge is 0.461 e. The van der Waals surface area contributed by atoms with Crippen LogP contribution in [0.25, 0.3) is 0 Å². The minimum Gasteiger partial charge on any atom is -0.403 e. The van der Waals surface area contributed by atoms with E-state index < -0.39 is 0 Å². The summed E-state index contributed by atoms with van der Waals surface area (Å²) in [7, 11) is 0.00493. The van der Waals surface area contributed by atoms with Gasteiger partial charge in [-0.15, -0.1) is 11.6 Å². The van der Waals surface area contributed by atoms with Crippen molar-refractivity contribution >= 4 is 18.7 Å². The molecular formula is C12H22BClO2. The predicted octanol–water partition coefficient (Wildman–Crippen LogP) is 3.49. The fourth-order valence-corrected chi connectivity index (χ4v) is 2.49. The molecule has 2 aliphatic rings. The topological polar surface area (TPSA) is 18.5 Å². The Morgan fingerprint density at radius 3 is 2.25 bits per heavy atom. The molecule has 1 saturated heterocycles. The minimum atomic E-state index is -0.183. The predicted molar refractivity (Wildman–Crippen MR) is 67.9 cm³/mol. The van der Waals surface area contributed by atoms with E-state index in [1.807, 2.05) is 0 Å². The summed E-state index contributed by atoms with van der Waals surface area (Å²) in [5.74, 6) is 2.14. The van der Waals surface area contributed by atoms with Crippen molar-refractivity contribution < 1.29 is 9.31 Å². The summed E-state index contributed by atoms with van der Waals surface area (Å²) in [5, 5.41) is 0. The normalized spacial score (nSPS) is 35.4. The zero-order valence-electron chi connectivity index (χ0n) is 10.8. The third kappa shape index (κ3) is 2.27. The van der Waals surface area contributed by atoms with Crippen molar-refractivity contribution in [2.75, 3.05) is 5.88 Å². The van der Waals surface area contributed by atoms with Crippen molar-refractivity contribution in [3.05, 3.63) is 0 Å². The van der Waals surface area contributed by atoms with Gasteiger partial charge in [-0.2, -0.15) is 0 Å². The van der Waals surface area contributed by atoms with Crippen LogP contribution < -0.4 is 0 Å². The average molecular weight is 245 g/mol. The fourth-order valence-electron chi connectivity index (χ4n) is 2.34. The average Bonchev–Trinajstić information content (AvgIpc) is 2.87. The number of hydrogen-bond donors (Lipinski definition) is 0. The Kier molecular flexibility index (Phi) is 3.33. The summed E-state index contributed by atoms with van der Waals surface area (Å²) in [6.07, 6.45) is 3.58. The molecule has 0 bridgehead atoms. The highest BCUT2D eigenvalue weighted by atomic mass is 35.5. The third-order valence-electron chi connectivity index (χ3n) is 4.31. The number of alkyl halides is 1. The van der Waals surface area contributed by atoms with E-state index in [2.05, 4.69) is 27.7 Å². The molecule has 92 valence electrons. The molecule has 1 heterocycles. The quantitative estimate of drug-likeness (QED) is 0.557. The summed E-state index contributed by atoms with van der Waals surface area (Å²) in [6.45, 7) is 8.46. The SMILES string of the molecule is CC1(C)OB([C@H]2C[C@@H]2CCCCl)OC1(C)C. The summed E-state index contributed by atoms with van der Waals surface area (Å²) in [6, 6.07) is 0. The Labute approximate surface area is 104 Å². The maximum atomic E-state index is 6.04. The zero-order valence-corrected chi connectivity index (χ0v) is 11.5. The molecule has 2 rings (SSSR count). The monoisotopic (exact) mass is 244 g/mol. The molecule has 0 aromatic rings. The lowest BCUT2D eigenvalue weighted by molar-refractivity contribution is 0.00578. The summed E-state index contributed by atoms with van der Waals surface area (Å²) in [5.41, 5.74) is -0.366. The first-order valence-corrected chi connectivity index (χ1v) is 6.82. The van der Waals surface area contributed by atoms with E-state index in [0.717, 1.165) is 18.2 Å². The van der Waals surface area contributed by atoms with Gasteiger partial charge in [-0.1, -0.05) is 0 Å². The minimum absolute atomic E-state index is 0.00493. The second kappa shape index (κ2) is 4.18. The van der Waals surface area contributed by atoms with Crippen LogP contribution in [0.3, 0.4) is 0 Å². The van der Waals surface area contributed by atoms with Gasteiger partial charge < -0.3 is 9.31 Å². The first-order chi connectivity index (χ1) is 7.37. The lowest BCUT2D eigenvalue weighted by Crippen LogP contribution is -2.41. The highest BCUT2D eigenvalue weighted by Gasteiger charge is 2.59. The molecule has 0 aromatic heterocycles. The van der Waals surface area contributed by atoms with Crippen LogP contribution in [0.4, 0.5) is 0 Å². The smallest absolute Gasteiger partial charge is 0.403 e. The van der Waals surface area contributed by atoms with Gasteiger partial charge in [0.25, 0.3) is 0 Å². The van der Waals surface area contributed by atoms with E-state index >= 15 is 0 Å². The molecule has 2 fully saturated rings. The van der Waals surface area contributed by atoms with Crippen molar-refractivity contribution in [1.82, 2.24) is 0 Å². The van der Waals surface area contributed by atoms with Crippen LogP contribution in [0.15, 0.2) is 0 Å². The van der Waals surface area contributed by atoms with E-state index in [-0.39, 0.29) is 18.3 Å². The molecule has 2 nitrogen and oxygen atoms in total. The molecule has 0 unspecified atom stereocenters. The lowest BCUT2D eigenvalue weighted by Gasteiger charge is -2.32. The van der Waals surface area contributed by atoms with Crippen molar-refractivity contribution in [1.29, 1.82) is 0 Å². The first kappa shape index (κ1) is 12.7. The fraction of sp³-hybridized carbons (Fsp3) is 1.00. The lowest BCUT2D eigenvalue weighted by atomic mass is 9.80. The Balaban J connectivity index is 1.86. The van der Waals surface area contributed by atoms with Crippen LogP contribution in [-0.4, -0.2) is 24.2 Å². The summed E-state index contributed by atoms with van der Waals surface area (Å²) < 4.78 is 12.1. The molecule has 0 aromatic carbocycles. The van der Waals surface area contributed by atoms with Gasteiger partial charge in [-0.05, 0) is 58.7 Å². The van der Waals surface area contributed by atoms with Gasteiger partial charge in [0.05, 0.1) is 11.2 Å². The molecule has 0 radical (unpaired) electrons.